The number of rotatable bonds is 1. The van der Waals surface area contributed by atoms with Crippen molar-refractivity contribution in [3.05, 3.63) is 10.9 Å². The molecule has 0 unspecified atom stereocenters. The predicted octanol–water partition coefficient (Wildman–Crippen LogP) is 4.17. The van der Waals surface area contributed by atoms with Gasteiger partial charge in [-0.15, -0.1) is 0 Å². The molecule has 10 heteroatoms. The Kier molecular flexibility index (Phi) is 3.61. The first kappa shape index (κ1) is 14.4. The van der Waals surface area contributed by atoms with Crippen molar-refractivity contribution < 1.29 is 39.5 Å². The number of alkyl halides is 8. The highest BCUT2D eigenvalue weighted by Crippen LogP contribution is 2.46. The smallest absolute Gasteiger partial charge is 0.200 e. The molecule has 0 nitrogen and oxygen atoms in total. The Balaban J connectivity index is 5.44. The van der Waals surface area contributed by atoms with Crippen LogP contribution in [0.5, 0.6) is 0 Å². The molecule has 0 bridgehead atoms. The van der Waals surface area contributed by atoms with Gasteiger partial charge in [-0.05, 0) is 0 Å². The second kappa shape index (κ2) is 3.76. The molecule has 0 N–H and O–H groups in total. The van der Waals surface area contributed by atoms with Crippen LogP contribution in [0.4, 0.5) is 39.5 Å². The average Bonchev–Trinajstić information content (AvgIpc) is 1.97. The van der Waals surface area contributed by atoms with Crippen molar-refractivity contribution in [3.63, 3.8) is 0 Å². The van der Waals surface area contributed by atoms with Crippen molar-refractivity contribution in [2.75, 3.05) is 0 Å². The zero-order valence-corrected chi connectivity index (χ0v) is 7.04. The molecule has 0 amide bonds. The summed E-state index contributed by atoms with van der Waals surface area (Å²) in [6.07, 6.45) is -12.4. The number of hydrogen-bond acceptors (Lipinski definition) is 0. The number of hydrogen-bond donors (Lipinski definition) is 0. The predicted molar refractivity (Wildman–Crippen MR) is 31.0 cm³/mol. The monoisotopic (exact) mass is 266 g/mol. The van der Waals surface area contributed by atoms with Crippen molar-refractivity contribution >= 4 is 11.6 Å². The van der Waals surface area contributed by atoms with E-state index in [1.165, 1.54) is 0 Å². The van der Waals surface area contributed by atoms with Crippen LogP contribution >= 0.6 is 11.6 Å². The van der Waals surface area contributed by atoms with Gasteiger partial charge >= 0.3 is 18.3 Å². The standard InChI is InChI=1S/C5ClF9/c6-1(2(7)4(10,11)12)3(8,9)5(13,14)15/b2-1+. The third-order valence-corrected chi connectivity index (χ3v) is 1.48. The highest BCUT2D eigenvalue weighted by Gasteiger charge is 2.62. The molecule has 0 radical (unpaired) electrons. The maximum absolute atomic E-state index is 12.1. The summed E-state index contributed by atoms with van der Waals surface area (Å²) in [5.74, 6) is -9.75. The summed E-state index contributed by atoms with van der Waals surface area (Å²) in [7, 11) is 0. The van der Waals surface area contributed by atoms with Gasteiger partial charge in [-0.25, -0.2) is 4.39 Å². The number of halogens is 10. The summed E-state index contributed by atoms with van der Waals surface area (Å²) in [4.78, 5) is 0. The Morgan fingerprint density at radius 1 is 0.800 bits per heavy atom. The normalized spacial score (nSPS) is 16.4. The van der Waals surface area contributed by atoms with E-state index in [4.69, 9.17) is 0 Å². The Morgan fingerprint density at radius 2 is 1.13 bits per heavy atom. The summed E-state index contributed by atoms with van der Waals surface area (Å²) in [5, 5.41) is -3.23. The second-order valence-electron chi connectivity index (χ2n) is 2.20. The highest BCUT2D eigenvalue weighted by atomic mass is 35.5. The summed E-state index contributed by atoms with van der Waals surface area (Å²) < 4.78 is 105. The molecule has 0 saturated heterocycles. The number of allylic oxidation sites excluding steroid dienone is 2. The van der Waals surface area contributed by atoms with Crippen molar-refractivity contribution in [1.29, 1.82) is 0 Å². The lowest BCUT2D eigenvalue weighted by Gasteiger charge is -2.19. The maximum Gasteiger partial charge on any atom is 0.459 e. The van der Waals surface area contributed by atoms with Crippen LogP contribution < -0.4 is 0 Å². The first-order valence-corrected chi connectivity index (χ1v) is 3.27. The molecule has 90 valence electrons. The fourth-order valence-electron chi connectivity index (χ4n) is 0.387. The van der Waals surface area contributed by atoms with E-state index >= 15 is 0 Å². The molecule has 0 rings (SSSR count). The van der Waals surface area contributed by atoms with Gasteiger partial charge in [-0.1, -0.05) is 11.6 Å². The molecule has 0 spiro atoms. The van der Waals surface area contributed by atoms with Crippen LogP contribution in [0.3, 0.4) is 0 Å². The largest absolute Gasteiger partial charge is 0.459 e. The first-order chi connectivity index (χ1) is 6.32. The Labute approximate surface area is 81.3 Å². The SMILES string of the molecule is F/C(=C(/Cl)C(F)(F)C(F)(F)F)C(F)(F)F. The van der Waals surface area contributed by atoms with Crippen molar-refractivity contribution in [3.8, 4) is 0 Å². The van der Waals surface area contributed by atoms with Gasteiger partial charge in [-0.3, -0.25) is 0 Å². The molecule has 0 fully saturated rings. The van der Waals surface area contributed by atoms with Crippen molar-refractivity contribution in [2.24, 2.45) is 0 Å². The lowest BCUT2D eigenvalue weighted by molar-refractivity contribution is -0.263. The van der Waals surface area contributed by atoms with Crippen molar-refractivity contribution in [2.45, 2.75) is 18.3 Å². The van der Waals surface area contributed by atoms with E-state index < -0.39 is 29.1 Å². The Bertz CT molecular complexity index is 269. The van der Waals surface area contributed by atoms with Crippen molar-refractivity contribution in [1.82, 2.24) is 0 Å². The summed E-state index contributed by atoms with van der Waals surface area (Å²) >= 11 is 4.01. The fraction of sp³-hybridized carbons (Fsp3) is 0.600. The molecule has 0 aliphatic rings. The molecule has 0 aromatic carbocycles. The minimum Gasteiger partial charge on any atom is -0.200 e. The quantitative estimate of drug-likeness (QED) is 0.625. The van der Waals surface area contributed by atoms with Crippen LogP contribution in [0.25, 0.3) is 0 Å². The third kappa shape index (κ3) is 2.93. The second-order valence-corrected chi connectivity index (χ2v) is 2.58. The van der Waals surface area contributed by atoms with Gasteiger partial charge in [0.1, 0.15) is 5.03 Å². The molecule has 0 saturated carbocycles. The van der Waals surface area contributed by atoms with Gasteiger partial charge in [0.25, 0.3) is 0 Å². The lowest BCUT2D eigenvalue weighted by atomic mass is 10.2. The van der Waals surface area contributed by atoms with Crippen LogP contribution in [0.15, 0.2) is 10.9 Å². The maximum atomic E-state index is 12.1. The lowest BCUT2D eigenvalue weighted by Crippen LogP contribution is -2.38. The summed E-state index contributed by atoms with van der Waals surface area (Å²) in [5.41, 5.74) is 0. The van der Waals surface area contributed by atoms with E-state index in [0.29, 0.717) is 0 Å². The van der Waals surface area contributed by atoms with Crippen LogP contribution in [-0.4, -0.2) is 18.3 Å². The molecule has 0 aliphatic heterocycles. The van der Waals surface area contributed by atoms with E-state index in [1.54, 1.807) is 0 Å². The highest BCUT2D eigenvalue weighted by molar-refractivity contribution is 6.30. The van der Waals surface area contributed by atoms with Gasteiger partial charge in [0.05, 0.1) is 0 Å². The minimum atomic E-state index is -6.40. The molecule has 0 atom stereocenters. The zero-order chi connectivity index (χ0) is 12.7. The molecule has 0 aliphatic carbocycles. The molecule has 0 aromatic rings. The Morgan fingerprint density at radius 3 is 1.33 bits per heavy atom. The topological polar surface area (TPSA) is 0 Å². The molecule has 0 aromatic heterocycles. The first-order valence-electron chi connectivity index (χ1n) is 2.89. The van der Waals surface area contributed by atoms with Crippen LogP contribution in [0.2, 0.25) is 0 Å². The van der Waals surface area contributed by atoms with E-state index in [2.05, 4.69) is 11.6 Å². The van der Waals surface area contributed by atoms with Gasteiger partial charge in [0.15, 0.2) is 0 Å². The molecular formula is C5ClF9. The minimum absolute atomic E-state index is 3.23. The van der Waals surface area contributed by atoms with Gasteiger partial charge in [-0.2, -0.15) is 35.1 Å². The van der Waals surface area contributed by atoms with E-state index in [1.807, 2.05) is 0 Å². The summed E-state index contributed by atoms with van der Waals surface area (Å²) in [6, 6.07) is 0. The Hall–Kier alpha value is -0.600. The van der Waals surface area contributed by atoms with Gasteiger partial charge in [0, 0.05) is 0 Å². The molecule has 0 heterocycles. The van der Waals surface area contributed by atoms with Crippen LogP contribution in [-0.2, 0) is 0 Å². The third-order valence-electron chi connectivity index (χ3n) is 1.07. The van der Waals surface area contributed by atoms with Crippen LogP contribution in [0, 0.1) is 0 Å². The van der Waals surface area contributed by atoms with E-state index in [-0.39, 0.29) is 0 Å². The van der Waals surface area contributed by atoms with Crippen LogP contribution in [0.1, 0.15) is 0 Å². The molecule has 15 heavy (non-hydrogen) atoms. The molecular weight excluding hydrogens is 266 g/mol. The summed E-state index contributed by atoms with van der Waals surface area (Å²) in [6.45, 7) is 0. The van der Waals surface area contributed by atoms with Gasteiger partial charge < -0.3 is 0 Å². The van der Waals surface area contributed by atoms with E-state index in [9.17, 15) is 39.5 Å². The average molecular weight is 266 g/mol. The van der Waals surface area contributed by atoms with E-state index in [0.717, 1.165) is 0 Å². The fourth-order valence-corrected chi connectivity index (χ4v) is 0.601. The zero-order valence-electron chi connectivity index (χ0n) is 6.28. The van der Waals surface area contributed by atoms with Gasteiger partial charge in [0.2, 0.25) is 5.83 Å².